The number of fused-ring (bicyclic) bond motifs is 1. The largest absolute Gasteiger partial charge is 0.490 e. The first kappa shape index (κ1) is 25.5. The van der Waals surface area contributed by atoms with Crippen molar-refractivity contribution in [2.75, 3.05) is 12.3 Å². The summed E-state index contributed by atoms with van der Waals surface area (Å²) in [5.74, 6) is -0.206. The van der Waals surface area contributed by atoms with Crippen LogP contribution in [0.25, 0.3) is 21.6 Å². The summed E-state index contributed by atoms with van der Waals surface area (Å²) in [5.41, 5.74) is 13.7. The number of imidazole rings is 1. The van der Waals surface area contributed by atoms with E-state index in [4.69, 9.17) is 25.8 Å². The van der Waals surface area contributed by atoms with Gasteiger partial charge in [0.2, 0.25) is 5.95 Å². The third-order valence-electron chi connectivity index (χ3n) is 3.98. The Labute approximate surface area is 181 Å². The van der Waals surface area contributed by atoms with Crippen LogP contribution in [0.1, 0.15) is 12.6 Å². The van der Waals surface area contributed by atoms with Crippen LogP contribution in [-0.4, -0.2) is 57.8 Å². The highest BCUT2D eigenvalue weighted by atomic mass is 31.3. The number of hydrogen-bond acceptors (Lipinski definition) is 12. The molecule has 3 rings (SSSR count). The lowest BCUT2D eigenvalue weighted by atomic mass is 10.1. The van der Waals surface area contributed by atoms with Gasteiger partial charge in [-0.2, -0.15) is 13.6 Å². The zero-order valence-electron chi connectivity index (χ0n) is 15.9. The van der Waals surface area contributed by atoms with E-state index in [1.165, 1.54) is 10.9 Å². The maximum absolute atomic E-state index is 11.9. The molecule has 1 saturated heterocycles. The maximum Gasteiger partial charge on any atom is 0.490 e. The molecule has 2 aromatic heterocycles. The maximum atomic E-state index is 11.9. The van der Waals surface area contributed by atoms with Crippen LogP contribution in [0.4, 0.5) is 5.95 Å². The molecule has 33 heavy (non-hydrogen) atoms. The van der Waals surface area contributed by atoms with E-state index in [1.807, 2.05) is 0 Å². The predicted molar refractivity (Wildman–Crippen MR) is 104 cm³/mol. The summed E-state index contributed by atoms with van der Waals surface area (Å²) in [4.78, 5) is 60.5. The summed E-state index contributed by atoms with van der Waals surface area (Å²) in [6, 6.07) is -0.996. The third-order valence-corrected chi connectivity index (χ3v) is 7.79. The van der Waals surface area contributed by atoms with Crippen LogP contribution in [0, 0.1) is 0 Å². The second-order valence-corrected chi connectivity index (χ2v) is 10.7. The van der Waals surface area contributed by atoms with Crippen LogP contribution in [0.2, 0.25) is 0 Å². The number of nitrogens with zero attached hydrogens (tertiary/aromatic N) is 6. The SMILES string of the molecule is [N-]=[N+]=N[C@H]1C[C@H](n2cnc3c(=O)[nH]c(N)nc32)O[C@@H]1COP(=O)(O)OP(=O)(O)OP(=O)(O)O. The number of azide groups is 1. The molecule has 0 spiro atoms. The fourth-order valence-corrected chi connectivity index (χ4v) is 5.88. The molecule has 0 aliphatic carbocycles. The van der Waals surface area contributed by atoms with E-state index < -0.39 is 54.0 Å². The van der Waals surface area contributed by atoms with Crippen LogP contribution < -0.4 is 11.3 Å². The number of aromatic amines is 1. The van der Waals surface area contributed by atoms with Gasteiger partial charge in [0.05, 0.1) is 25.1 Å². The monoisotopic (exact) mass is 532 g/mol. The number of H-pyrrole nitrogens is 1. The quantitative estimate of drug-likeness (QED) is 0.107. The molecule has 0 amide bonds. The van der Waals surface area contributed by atoms with Crippen LogP contribution in [0.15, 0.2) is 16.2 Å². The van der Waals surface area contributed by atoms with Gasteiger partial charge in [0.25, 0.3) is 5.56 Å². The van der Waals surface area contributed by atoms with Crippen molar-refractivity contribution in [1.82, 2.24) is 19.5 Å². The number of hydrogen-bond donors (Lipinski definition) is 6. The number of rotatable bonds is 9. The number of anilines is 1. The Hall–Kier alpha value is -2.17. The molecule has 1 aliphatic heterocycles. The Kier molecular flexibility index (Phi) is 7.12. The smallest absolute Gasteiger partial charge is 0.369 e. The molecule has 1 fully saturated rings. The molecule has 182 valence electrons. The van der Waals surface area contributed by atoms with Gasteiger partial charge in [-0.25, -0.2) is 18.7 Å². The first-order valence-electron chi connectivity index (χ1n) is 8.40. The Morgan fingerprint density at radius 3 is 2.64 bits per heavy atom. The van der Waals surface area contributed by atoms with Crippen molar-refractivity contribution in [3.05, 3.63) is 27.1 Å². The van der Waals surface area contributed by atoms with Gasteiger partial charge in [0, 0.05) is 11.3 Å². The Balaban J connectivity index is 1.75. The van der Waals surface area contributed by atoms with E-state index in [1.54, 1.807) is 0 Å². The second kappa shape index (κ2) is 9.23. The molecule has 3 heterocycles. The zero-order valence-corrected chi connectivity index (χ0v) is 18.6. The lowest BCUT2D eigenvalue weighted by Gasteiger charge is -2.19. The zero-order chi connectivity index (χ0) is 24.6. The van der Waals surface area contributed by atoms with Gasteiger partial charge in [-0.1, -0.05) is 5.11 Å². The topological polar surface area (TPSA) is 307 Å². The Morgan fingerprint density at radius 1 is 1.30 bits per heavy atom. The van der Waals surface area contributed by atoms with Crippen molar-refractivity contribution < 1.29 is 51.2 Å². The molecule has 20 nitrogen and oxygen atoms in total. The molecule has 5 atom stereocenters. The van der Waals surface area contributed by atoms with Crippen LogP contribution in [-0.2, 0) is 31.6 Å². The summed E-state index contributed by atoms with van der Waals surface area (Å²) >= 11 is 0. The number of phosphoric ester groups is 1. The molecule has 2 unspecified atom stereocenters. The highest BCUT2D eigenvalue weighted by Crippen LogP contribution is 2.66. The highest BCUT2D eigenvalue weighted by Gasteiger charge is 2.43. The molecular weight excluding hydrogens is 517 g/mol. The minimum absolute atomic E-state index is 0.0334. The number of nitrogens with one attached hydrogen (secondary N) is 1. The van der Waals surface area contributed by atoms with Gasteiger partial charge in [-0.3, -0.25) is 18.9 Å². The van der Waals surface area contributed by atoms with Gasteiger partial charge in [-0.05, 0) is 5.53 Å². The molecule has 2 aromatic rings. The summed E-state index contributed by atoms with van der Waals surface area (Å²) in [6.07, 6.45) is -0.996. The highest BCUT2D eigenvalue weighted by molar-refractivity contribution is 7.66. The van der Waals surface area contributed by atoms with Crippen molar-refractivity contribution in [2.45, 2.75) is 24.8 Å². The van der Waals surface area contributed by atoms with Gasteiger partial charge < -0.3 is 30.0 Å². The summed E-state index contributed by atoms with van der Waals surface area (Å²) in [5, 5.41) is 3.49. The lowest BCUT2D eigenvalue weighted by Crippen LogP contribution is -2.24. The fourth-order valence-electron chi connectivity index (χ4n) is 2.85. The molecule has 0 saturated carbocycles. The number of ether oxygens (including phenoxy) is 1. The molecule has 0 aromatic carbocycles. The number of phosphoric acid groups is 3. The molecular formula is C10H15N8O12P3. The molecule has 1 aliphatic rings. The molecule has 0 bridgehead atoms. The van der Waals surface area contributed by atoms with Crippen molar-refractivity contribution in [3.63, 3.8) is 0 Å². The third kappa shape index (κ3) is 6.45. The number of aromatic nitrogens is 4. The summed E-state index contributed by atoms with van der Waals surface area (Å²) in [6.45, 7) is -0.841. The minimum atomic E-state index is -5.70. The molecule has 7 N–H and O–H groups in total. The first-order chi connectivity index (χ1) is 15.2. The van der Waals surface area contributed by atoms with Crippen molar-refractivity contribution in [2.24, 2.45) is 5.11 Å². The van der Waals surface area contributed by atoms with E-state index in [0.717, 1.165) is 0 Å². The average Bonchev–Trinajstić information content (AvgIpc) is 3.21. The van der Waals surface area contributed by atoms with Crippen LogP contribution in [0.5, 0.6) is 0 Å². The van der Waals surface area contributed by atoms with Gasteiger partial charge >= 0.3 is 23.5 Å². The van der Waals surface area contributed by atoms with E-state index >= 15 is 0 Å². The lowest BCUT2D eigenvalue weighted by molar-refractivity contribution is -0.0230. The molecule has 0 radical (unpaired) electrons. The van der Waals surface area contributed by atoms with Crippen molar-refractivity contribution in [3.8, 4) is 0 Å². The fraction of sp³-hybridized carbons (Fsp3) is 0.500. The standard InChI is InChI=1S/C10H15N8O12P3/c11-10-14-8-7(9(19)15-10)13-3-18(8)6-1-4(16-17-12)5(28-6)2-27-32(23,24)30-33(25,26)29-31(20,21)22/h3-6H,1-2H2,(H,23,24)(H,25,26)(H2,20,21,22)(H3,11,14,15,19)/t4-,5+,6+/m0/s1. The normalized spacial score (nSPS) is 24.8. The van der Waals surface area contributed by atoms with E-state index in [-0.39, 0.29) is 23.5 Å². The van der Waals surface area contributed by atoms with Gasteiger partial charge in [0.15, 0.2) is 11.2 Å². The van der Waals surface area contributed by atoms with E-state index in [9.17, 15) is 28.3 Å². The summed E-state index contributed by atoms with van der Waals surface area (Å²) < 4.78 is 52.6. The van der Waals surface area contributed by atoms with Crippen LogP contribution >= 0.6 is 23.5 Å². The van der Waals surface area contributed by atoms with Gasteiger partial charge in [-0.15, -0.1) is 0 Å². The molecule has 23 heteroatoms. The Bertz CT molecular complexity index is 1300. The van der Waals surface area contributed by atoms with E-state index in [2.05, 4.69) is 38.1 Å². The predicted octanol–water partition coefficient (Wildman–Crippen LogP) is 0.0115. The van der Waals surface area contributed by atoms with E-state index in [0.29, 0.717) is 0 Å². The van der Waals surface area contributed by atoms with Gasteiger partial charge in [0.1, 0.15) is 6.23 Å². The first-order valence-corrected chi connectivity index (χ1v) is 12.9. The van der Waals surface area contributed by atoms with Crippen LogP contribution in [0.3, 0.4) is 0 Å². The Morgan fingerprint density at radius 2 is 2.00 bits per heavy atom. The number of nitrogens with two attached hydrogens (primary N) is 1. The minimum Gasteiger partial charge on any atom is -0.369 e. The second-order valence-electron chi connectivity index (χ2n) is 6.30. The summed E-state index contributed by atoms with van der Waals surface area (Å²) in [7, 11) is -16.7. The number of nitrogen functional groups attached to an aromatic ring is 1. The van der Waals surface area contributed by atoms with Crippen molar-refractivity contribution >= 4 is 40.6 Å². The van der Waals surface area contributed by atoms with Crippen molar-refractivity contribution in [1.29, 1.82) is 0 Å². The average molecular weight is 532 g/mol.